The molecule has 0 spiro atoms. The SMILES string of the molecule is CC1(C)CCC(C)(C)c2cc(Nc3cc(N(c4ccccc4)c4ccccc4)ccc3-c3cc(-c4ccc5sc6ccccc6c5c4)c4c5cc6ccccc6cc5n5c4c3[B]c3cc4c(cc3-5)C(C)(C)CCC4(C)C)ccc21. The van der Waals surface area contributed by atoms with Gasteiger partial charge < -0.3 is 14.8 Å². The fourth-order valence-electron chi connectivity index (χ4n) is 14.2. The molecule has 0 bridgehead atoms. The predicted octanol–water partition coefficient (Wildman–Crippen LogP) is 19.5. The van der Waals surface area contributed by atoms with Crippen molar-refractivity contribution in [3.8, 4) is 27.9 Å². The van der Waals surface area contributed by atoms with Crippen LogP contribution in [0.15, 0.2) is 194 Å². The molecule has 2 aromatic heterocycles. The van der Waals surface area contributed by atoms with Crippen LogP contribution >= 0.6 is 11.3 Å². The van der Waals surface area contributed by atoms with Crippen molar-refractivity contribution in [3.05, 3.63) is 216 Å². The van der Waals surface area contributed by atoms with Gasteiger partial charge in [0.2, 0.25) is 0 Å². The van der Waals surface area contributed by atoms with E-state index >= 15 is 0 Å². The number of hydrogen-bond acceptors (Lipinski definition) is 3. The molecule has 1 radical (unpaired) electrons. The molecule has 0 saturated carbocycles. The van der Waals surface area contributed by atoms with Crippen LogP contribution in [0.1, 0.15) is 103 Å². The van der Waals surface area contributed by atoms with E-state index in [1.165, 1.54) is 115 Å². The van der Waals surface area contributed by atoms with Crippen molar-refractivity contribution in [1.29, 1.82) is 0 Å². The number of anilines is 5. The zero-order chi connectivity index (χ0) is 53.7. The number of hydrogen-bond donors (Lipinski definition) is 1. The molecule has 10 aromatic carbocycles. The van der Waals surface area contributed by atoms with Crippen LogP contribution in [0, 0.1) is 0 Å². The molecule has 1 aliphatic heterocycles. The van der Waals surface area contributed by atoms with Crippen LogP contribution in [0.5, 0.6) is 0 Å². The first-order chi connectivity index (χ1) is 38.1. The monoisotopic (exact) mass is 1040 g/mol. The smallest absolute Gasteiger partial charge is 0.197 e. The molecule has 0 unspecified atom stereocenters. The number of thiophene rings is 1. The number of nitrogens with one attached hydrogen (secondary N) is 1. The van der Waals surface area contributed by atoms with Crippen molar-refractivity contribution >= 4 is 111 Å². The summed E-state index contributed by atoms with van der Waals surface area (Å²) in [5, 5.41) is 11.9. The lowest BCUT2D eigenvalue weighted by Gasteiger charge is -2.43. The lowest BCUT2D eigenvalue weighted by atomic mass is 9.55. The molecule has 12 aromatic rings. The van der Waals surface area contributed by atoms with Crippen molar-refractivity contribution in [2.24, 2.45) is 0 Å². The minimum atomic E-state index is 0.0397. The van der Waals surface area contributed by atoms with E-state index in [-0.39, 0.29) is 21.7 Å². The van der Waals surface area contributed by atoms with Crippen molar-refractivity contribution in [2.45, 2.75) is 103 Å². The van der Waals surface area contributed by atoms with Crippen molar-refractivity contribution in [1.82, 2.24) is 4.57 Å². The standard InChI is InChI=1S/C74H65BN3S/c1-71(2)33-34-72(3,4)59-40-48(28-31-58(59)71)76-63-41-51(77(49-21-11-9-12-22-49)50-23-13-10-14-24-50)29-30-52(63)56-42-54(47-27-32-67-55(38-47)53-25-17-18-26-66(53)79-67)68-57-37-45-19-15-16-20-46(45)39-64(57)78-65-44-61-60(43-62(65)75-69(56)70(68)78)73(5,6)35-36-74(61,7)8/h9-32,37-44,76H,33-36H2,1-8H3. The summed E-state index contributed by atoms with van der Waals surface area (Å²) in [4.78, 5) is 2.39. The molecule has 3 nitrogen and oxygen atoms in total. The van der Waals surface area contributed by atoms with Crippen LogP contribution in [0.4, 0.5) is 28.4 Å². The largest absolute Gasteiger partial charge is 0.355 e. The number of para-hydroxylation sites is 2. The first-order valence-corrected chi connectivity index (χ1v) is 29.4. The predicted molar refractivity (Wildman–Crippen MR) is 342 cm³/mol. The average Bonchev–Trinajstić information content (AvgIpc) is 3.00. The molecule has 2 aliphatic carbocycles. The van der Waals surface area contributed by atoms with Crippen molar-refractivity contribution < 1.29 is 0 Å². The van der Waals surface area contributed by atoms with Gasteiger partial charge in [-0.1, -0.05) is 164 Å². The van der Waals surface area contributed by atoms with E-state index in [1.807, 2.05) is 11.3 Å². The van der Waals surface area contributed by atoms with Crippen LogP contribution in [-0.4, -0.2) is 11.8 Å². The second-order valence-electron chi connectivity index (χ2n) is 25.7. The molecule has 5 heteroatoms. The topological polar surface area (TPSA) is 20.2 Å². The van der Waals surface area contributed by atoms with Gasteiger partial charge in [0.1, 0.15) is 0 Å². The van der Waals surface area contributed by atoms with E-state index in [2.05, 4.69) is 272 Å². The molecule has 15 rings (SSSR count). The van der Waals surface area contributed by atoms with Gasteiger partial charge in [0.25, 0.3) is 0 Å². The molecule has 0 fully saturated rings. The summed E-state index contributed by atoms with van der Waals surface area (Å²) in [6.07, 6.45) is 4.64. The van der Waals surface area contributed by atoms with Gasteiger partial charge >= 0.3 is 0 Å². The summed E-state index contributed by atoms with van der Waals surface area (Å²) in [5.74, 6) is 0. The normalized spacial score (nSPS) is 16.4. The number of fused-ring (bicyclic) bond motifs is 11. The molecule has 3 heterocycles. The molecule has 0 atom stereocenters. The quantitative estimate of drug-likeness (QED) is 0.161. The number of nitrogens with zero attached hydrogens (tertiary/aromatic N) is 2. The summed E-state index contributed by atoms with van der Waals surface area (Å²) in [6, 6.07) is 73.8. The minimum Gasteiger partial charge on any atom is -0.355 e. The number of aromatic nitrogens is 1. The molecule has 79 heavy (non-hydrogen) atoms. The van der Waals surface area contributed by atoms with Gasteiger partial charge in [-0.05, 0) is 194 Å². The van der Waals surface area contributed by atoms with Gasteiger partial charge in [-0.3, -0.25) is 0 Å². The average molecular weight is 1040 g/mol. The zero-order valence-corrected chi connectivity index (χ0v) is 47.5. The van der Waals surface area contributed by atoms with Gasteiger partial charge in [0.15, 0.2) is 7.28 Å². The Bertz CT molecular complexity index is 4460. The van der Waals surface area contributed by atoms with Crippen LogP contribution in [0.2, 0.25) is 0 Å². The summed E-state index contributed by atoms with van der Waals surface area (Å²) < 4.78 is 5.30. The summed E-state index contributed by atoms with van der Waals surface area (Å²) in [7, 11) is 2.56. The van der Waals surface area contributed by atoms with E-state index < -0.39 is 0 Å². The second-order valence-corrected chi connectivity index (χ2v) is 26.8. The third kappa shape index (κ3) is 7.59. The Kier molecular flexibility index (Phi) is 10.6. The summed E-state index contributed by atoms with van der Waals surface area (Å²) >= 11 is 1.89. The summed E-state index contributed by atoms with van der Waals surface area (Å²) in [6.45, 7) is 19.5. The first kappa shape index (κ1) is 48.3. The van der Waals surface area contributed by atoms with Gasteiger partial charge in [0.05, 0.1) is 5.52 Å². The van der Waals surface area contributed by atoms with E-state index in [0.29, 0.717) is 0 Å². The second kappa shape index (κ2) is 17.3. The molecular weight excluding hydrogens is 974 g/mol. The third-order valence-corrected chi connectivity index (χ3v) is 20.0. The van der Waals surface area contributed by atoms with Crippen molar-refractivity contribution in [3.63, 3.8) is 0 Å². The Morgan fingerprint density at radius 1 is 0.456 bits per heavy atom. The maximum atomic E-state index is 4.20. The highest BCUT2D eigenvalue weighted by atomic mass is 32.1. The van der Waals surface area contributed by atoms with Gasteiger partial charge in [-0.25, -0.2) is 0 Å². The van der Waals surface area contributed by atoms with Crippen LogP contribution < -0.4 is 21.1 Å². The minimum absolute atomic E-state index is 0.0397. The van der Waals surface area contributed by atoms with Gasteiger partial charge in [0, 0.05) is 76.1 Å². The molecule has 1 N–H and O–H groups in total. The Morgan fingerprint density at radius 2 is 1.06 bits per heavy atom. The van der Waals surface area contributed by atoms with Gasteiger partial charge in [-0.15, -0.1) is 11.3 Å². The Labute approximate surface area is 469 Å². The van der Waals surface area contributed by atoms with Crippen LogP contribution in [-0.2, 0) is 21.7 Å². The highest BCUT2D eigenvalue weighted by Gasteiger charge is 2.40. The lowest BCUT2D eigenvalue weighted by Crippen LogP contribution is -2.41. The number of benzene rings is 10. The third-order valence-electron chi connectivity index (χ3n) is 18.9. The molecule has 3 aliphatic rings. The van der Waals surface area contributed by atoms with Crippen LogP contribution in [0.3, 0.4) is 0 Å². The van der Waals surface area contributed by atoms with E-state index in [4.69, 9.17) is 0 Å². The fraction of sp³-hybridized carbons (Fsp3) is 0.216. The highest BCUT2D eigenvalue weighted by Crippen LogP contribution is 2.51. The van der Waals surface area contributed by atoms with Gasteiger partial charge in [-0.2, -0.15) is 0 Å². The zero-order valence-electron chi connectivity index (χ0n) is 46.7. The Hall–Kier alpha value is -7.86. The van der Waals surface area contributed by atoms with Crippen LogP contribution in [0.25, 0.3) is 80.7 Å². The molecular formula is C74H65BN3S. The Morgan fingerprint density at radius 3 is 1.77 bits per heavy atom. The number of rotatable bonds is 7. The Balaban J connectivity index is 1.06. The maximum Gasteiger partial charge on any atom is 0.197 e. The summed E-state index contributed by atoms with van der Waals surface area (Å²) in [5.41, 5.74) is 22.7. The van der Waals surface area contributed by atoms with E-state index in [9.17, 15) is 0 Å². The molecule has 385 valence electrons. The van der Waals surface area contributed by atoms with Crippen molar-refractivity contribution in [2.75, 3.05) is 10.2 Å². The fourth-order valence-corrected chi connectivity index (χ4v) is 15.3. The first-order valence-electron chi connectivity index (χ1n) is 28.6. The molecule has 0 saturated heterocycles. The van der Waals surface area contributed by atoms with E-state index in [0.717, 1.165) is 53.3 Å². The van der Waals surface area contributed by atoms with E-state index in [1.54, 1.807) is 0 Å². The maximum absolute atomic E-state index is 4.20. The molecule has 0 amide bonds. The lowest BCUT2D eigenvalue weighted by molar-refractivity contribution is 0.332. The highest BCUT2D eigenvalue weighted by molar-refractivity contribution is 7.25.